The molecule has 0 saturated heterocycles. The fraction of sp³-hybridized carbons (Fsp3) is 0.333. The van der Waals surface area contributed by atoms with Crippen molar-refractivity contribution in [1.82, 2.24) is 20.2 Å². The zero-order valence-corrected chi connectivity index (χ0v) is 10.9. The number of carboxylic acids is 1. The minimum Gasteiger partial charge on any atom is -0.494 e. The minimum absolute atomic E-state index is 0.102. The average Bonchev–Trinajstić information content (AvgIpc) is 2.86. The van der Waals surface area contributed by atoms with Gasteiger partial charge in [-0.15, -0.1) is 5.10 Å². The number of nitrogens with zero attached hydrogens (tertiary/aromatic N) is 4. The maximum absolute atomic E-state index is 13.7. The van der Waals surface area contributed by atoms with Crippen molar-refractivity contribution in [2.24, 2.45) is 5.92 Å². The lowest BCUT2D eigenvalue weighted by Crippen LogP contribution is -2.18. The van der Waals surface area contributed by atoms with Gasteiger partial charge in [0.2, 0.25) is 0 Å². The van der Waals surface area contributed by atoms with Gasteiger partial charge in [-0.25, -0.2) is 9.07 Å². The summed E-state index contributed by atoms with van der Waals surface area (Å²) in [7, 11) is 1.37. The van der Waals surface area contributed by atoms with Crippen LogP contribution < -0.4 is 4.74 Å². The number of aromatic nitrogens is 4. The second kappa shape index (κ2) is 5.64. The molecule has 0 saturated carbocycles. The number of carbonyl (C=O) groups is 1. The first-order chi connectivity index (χ1) is 9.52. The molecule has 0 fully saturated rings. The van der Waals surface area contributed by atoms with E-state index in [1.165, 1.54) is 23.9 Å². The molecule has 1 N–H and O–H groups in total. The number of halogens is 1. The summed E-state index contributed by atoms with van der Waals surface area (Å²) in [5.74, 6) is -1.72. The number of rotatable bonds is 5. The van der Waals surface area contributed by atoms with Gasteiger partial charge in [-0.1, -0.05) is 6.92 Å². The highest BCUT2D eigenvalue weighted by atomic mass is 19.1. The Hall–Kier alpha value is -2.51. The molecule has 0 bridgehead atoms. The number of aliphatic carboxylic acids is 1. The largest absolute Gasteiger partial charge is 0.494 e. The first-order valence-electron chi connectivity index (χ1n) is 5.85. The van der Waals surface area contributed by atoms with Crippen LogP contribution in [0.2, 0.25) is 0 Å². The highest BCUT2D eigenvalue weighted by Crippen LogP contribution is 2.24. The molecule has 1 unspecified atom stereocenters. The van der Waals surface area contributed by atoms with Gasteiger partial charge in [0.15, 0.2) is 17.4 Å². The molecule has 0 radical (unpaired) electrons. The average molecular weight is 280 g/mol. The topological polar surface area (TPSA) is 90.1 Å². The maximum atomic E-state index is 13.7. The summed E-state index contributed by atoms with van der Waals surface area (Å²) < 4.78 is 19.8. The Kier molecular flexibility index (Phi) is 3.92. The zero-order chi connectivity index (χ0) is 14.7. The van der Waals surface area contributed by atoms with E-state index in [0.29, 0.717) is 11.4 Å². The van der Waals surface area contributed by atoms with Gasteiger partial charge >= 0.3 is 5.97 Å². The van der Waals surface area contributed by atoms with Gasteiger partial charge in [0, 0.05) is 5.56 Å². The van der Waals surface area contributed by atoms with Crippen molar-refractivity contribution >= 4 is 5.97 Å². The summed E-state index contributed by atoms with van der Waals surface area (Å²) in [6, 6.07) is 4.31. The first kappa shape index (κ1) is 13.9. The van der Waals surface area contributed by atoms with Crippen molar-refractivity contribution in [2.75, 3.05) is 7.11 Å². The van der Waals surface area contributed by atoms with E-state index in [1.807, 2.05) is 0 Å². The predicted octanol–water partition coefficient (Wildman–Crippen LogP) is 1.21. The van der Waals surface area contributed by atoms with Crippen molar-refractivity contribution in [1.29, 1.82) is 0 Å². The third-order valence-electron chi connectivity index (χ3n) is 2.81. The van der Waals surface area contributed by atoms with E-state index in [4.69, 9.17) is 9.84 Å². The molecule has 1 aromatic heterocycles. The van der Waals surface area contributed by atoms with E-state index in [-0.39, 0.29) is 12.3 Å². The van der Waals surface area contributed by atoms with Crippen molar-refractivity contribution in [3.05, 3.63) is 24.0 Å². The van der Waals surface area contributed by atoms with Crippen LogP contribution >= 0.6 is 0 Å². The second-order valence-corrected chi connectivity index (χ2v) is 4.27. The highest BCUT2D eigenvalue weighted by molar-refractivity contribution is 5.69. The van der Waals surface area contributed by atoms with Gasteiger partial charge < -0.3 is 9.84 Å². The summed E-state index contributed by atoms with van der Waals surface area (Å²) in [6.45, 7) is 1.65. The number of tetrazole rings is 1. The number of hydrogen-bond acceptors (Lipinski definition) is 5. The van der Waals surface area contributed by atoms with Crippen molar-refractivity contribution in [3.8, 4) is 17.1 Å². The van der Waals surface area contributed by atoms with Crippen molar-refractivity contribution in [2.45, 2.75) is 13.5 Å². The van der Waals surface area contributed by atoms with Crippen LogP contribution in [0.3, 0.4) is 0 Å². The van der Waals surface area contributed by atoms with E-state index < -0.39 is 17.7 Å². The van der Waals surface area contributed by atoms with Crippen LogP contribution in [0.15, 0.2) is 18.2 Å². The molecule has 20 heavy (non-hydrogen) atoms. The number of methoxy groups -OCH3 is 1. The summed E-state index contributed by atoms with van der Waals surface area (Å²) >= 11 is 0. The molecule has 106 valence electrons. The predicted molar refractivity (Wildman–Crippen MR) is 66.6 cm³/mol. The molecule has 0 aliphatic carbocycles. The Morgan fingerprint density at radius 2 is 2.30 bits per heavy atom. The van der Waals surface area contributed by atoms with Crippen LogP contribution in [0, 0.1) is 11.7 Å². The Morgan fingerprint density at radius 3 is 2.90 bits per heavy atom. The number of hydrogen-bond donors (Lipinski definition) is 1. The third kappa shape index (κ3) is 2.73. The first-order valence-corrected chi connectivity index (χ1v) is 5.85. The van der Waals surface area contributed by atoms with Gasteiger partial charge in [0.25, 0.3) is 0 Å². The van der Waals surface area contributed by atoms with Crippen molar-refractivity contribution in [3.63, 3.8) is 0 Å². The smallest absolute Gasteiger partial charge is 0.308 e. The zero-order valence-electron chi connectivity index (χ0n) is 10.9. The van der Waals surface area contributed by atoms with Crippen LogP contribution in [0.5, 0.6) is 5.75 Å². The molecule has 0 aliphatic rings. The van der Waals surface area contributed by atoms with Crippen LogP contribution in [0.1, 0.15) is 6.92 Å². The van der Waals surface area contributed by atoms with E-state index in [1.54, 1.807) is 13.0 Å². The van der Waals surface area contributed by atoms with Crippen LogP contribution in [-0.2, 0) is 11.3 Å². The van der Waals surface area contributed by atoms with Gasteiger partial charge in [0.1, 0.15) is 0 Å². The molecule has 7 nitrogen and oxygen atoms in total. The molecular formula is C12H13FN4O3. The molecule has 0 aliphatic heterocycles. The van der Waals surface area contributed by atoms with E-state index >= 15 is 0 Å². The molecule has 0 amide bonds. The number of carboxylic acid groups (broad SMARTS) is 1. The Bertz CT molecular complexity index is 629. The monoisotopic (exact) mass is 280 g/mol. The SMILES string of the molecule is COc1ccc(-c2nnnn2CC(C)C(=O)O)cc1F. The lowest BCUT2D eigenvalue weighted by atomic mass is 10.1. The van der Waals surface area contributed by atoms with Crippen LogP contribution in [-0.4, -0.2) is 38.4 Å². The minimum atomic E-state index is -0.952. The van der Waals surface area contributed by atoms with E-state index in [9.17, 15) is 9.18 Å². The standard InChI is InChI=1S/C12H13FN4O3/c1-7(12(18)19)6-17-11(14-15-16-17)8-3-4-10(20-2)9(13)5-8/h3-5,7H,6H2,1-2H3,(H,18,19). The highest BCUT2D eigenvalue weighted by Gasteiger charge is 2.17. The van der Waals surface area contributed by atoms with Gasteiger partial charge in [-0.05, 0) is 28.6 Å². The molecule has 2 rings (SSSR count). The summed E-state index contributed by atoms with van der Waals surface area (Å²) in [4.78, 5) is 10.9. The van der Waals surface area contributed by atoms with Crippen molar-refractivity contribution < 1.29 is 19.0 Å². The second-order valence-electron chi connectivity index (χ2n) is 4.27. The molecule has 8 heteroatoms. The Balaban J connectivity index is 2.32. The molecule has 1 atom stereocenters. The Labute approximate surface area is 114 Å². The van der Waals surface area contributed by atoms with Crippen LogP contribution in [0.4, 0.5) is 4.39 Å². The third-order valence-corrected chi connectivity index (χ3v) is 2.81. The Morgan fingerprint density at radius 1 is 1.55 bits per heavy atom. The van der Waals surface area contributed by atoms with E-state index in [2.05, 4.69) is 15.5 Å². The van der Waals surface area contributed by atoms with E-state index in [0.717, 1.165) is 0 Å². The molecule has 2 aromatic rings. The van der Waals surface area contributed by atoms with Gasteiger partial charge in [-0.2, -0.15) is 0 Å². The number of benzene rings is 1. The van der Waals surface area contributed by atoms with Gasteiger partial charge in [0.05, 0.1) is 19.6 Å². The summed E-state index contributed by atoms with van der Waals surface area (Å²) in [5, 5.41) is 19.9. The summed E-state index contributed by atoms with van der Waals surface area (Å²) in [6.07, 6.45) is 0. The quantitative estimate of drug-likeness (QED) is 0.885. The fourth-order valence-corrected chi connectivity index (χ4v) is 1.68. The molecule has 1 aromatic carbocycles. The lowest BCUT2D eigenvalue weighted by molar-refractivity contribution is -0.141. The van der Waals surface area contributed by atoms with Crippen LogP contribution in [0.25, 0.3) is 11.4 Å². The summed E-state index contributed by atoms with van der Waals surface area (Å²) in [5.41, 5.74) is 0.450. The normalized spacial score (nSPS) is 12.2. The number of ether oxygens (including phenoxy) is 1. The van der Waals surface area contributed by atoms with Gasteiger partial charge in [-0.3, -0.25) is 4.79 Å². The maximum Gasteiger partial charge on any atom is 0.308 e. The fourth-order valence-electron chi connectivity index (χ4n) is 1.68. The molecule has 1 heterocycles. The lowest BCUT2D eigenvalue weighted by Gasteiger charge is -2.08. The molecular weight excluding hydrogens is 267 g/mol. The molecule has 0 spiro atoms.